The highest BCUT2D eigenvalue weighted by molar-refractivity contribution is 4.99. The Bertz CT molecular complexity index is 122. The Balaban J connectivity index is 2.11. The molecule has 1 heterocycles. The van der Waals surface area contributed by atoms with Gasteiger partial charge >= 0.3 is 0 Å². The molecular weight excluding hydrogens is 124 g/mol. The van der Waals surface area contributed by atoms with Gasteiger partial charge < -0.3 is 11.1 Å². The standard InChI is InChI=1S/C8H16N2/c9-7-2-1-3-8(7)4-5-10-6-8/h7,10H,1-6,9H2. The van der Waals surface area contributed by atoms with Crippen molar-refractivity contribution < 1.29 is 0 Å². The summed E-state index contributed by atoms with van der Waals surface area (Å²) in [7, 11) is 0. The summed E-state index contributed by atoms with van der Waals surface area (Å²) in [6.07, 6.45) is 5.28. The molecule has 0 amide bonds. The van der Waals surface area contributed by atoms with Crippen LogP contribution in [0.25, 0.3) is 0 Å². The lowest BCUT2D eigenvalue weighted by molar-refractivity contribution is 0.293. The fourth-order valence-corrected chi connectivity index (χ4v) is 2.46. The quantitative estimate of drug-likeness (QED) is 0.513. The molecule has 2 atom stereocenters. The second kappa shape index (κ2) is 2.21. The van der Waals surface area contributed by atoms with Crippen LogP contribution in [-0.4, -0.2) is 19.1 Å². The molecule has 1 spiro atoms. The Labute approximate surface area is 62.2 Å². The van der Waals surface area contributed by atoms with E-state index in [2.05, 4.69) is 5.32 Å². The van der Waals surface area contributed by atoms with Crippen molar-refractivity contribution in [2.75, 3.05) is 13.1 Å². The summed E-state index contributed by atoms with van der Waals surface area (Å²) in [6, 6.07) is 0.488. The van der Waals surface area contributed by atoms with Gasteiger partial charge in [0.1, 0.15) is 0 Å². The fourth-order valence-electron chi connectivity index (χ4n) is 2.46. The van der Waals surface area contributed by atoms with E-state index in [1.165, 1.54) is 38.8 Å². The van der Waals surface area contributed by atoms with Gasteiger partial charge in [0.2, 0.25) is 0 Å². The molecule has 1 aliphatic carbocycles. The van der Waals surface area contributed by atoms with Crippen molar-refractivity contribution in [2.24, 2.45) is 11.1 Å². The number of hydrogen-bond donors (Lipinski definition) is 2. The Hall–Kier alpha value is -0.0800. The van der Waals surface area contributed by atoms with E-state index in [1.54, 1.807) is 0 Å². The average Bonchev–Trinajstić information content (AvgIpc) is 2.48. The molecule has 2 fully saturated rings. The van der Waals surface area contributed by atoms with Gasteiger partial charge in [-0.15, -0.1) is 0 Å². The van der Waals surface area contributed by atoms with Crippen molar-refractivity contribution in [3.8, 4) is 0 Å². The van der Waals surface area contributed by atoms with Crippen molar-refractivity contribution in [3.63, 3.8) is 0 Å². The van der Waals surface area contributed by atoms with E-state index in [4.69, 9.17) is 5.73 Å². The van der Waals surface area contributed by atoms with Crippen molar-refractivity contribution in [2.45, 2.75) is 31.7 Å². The minimum Gasteiger partial charge on any atom is -0.327 e. The predicted octanol–water partition coefficient (Wildman–Crippen LogP) is 0.477. The van der Waals surface area contributed by atoms with Gasteiger partial charge in [0.25, 0.3) is 0 Å². The Morgan fingerprint density at radius 1 is 1.40 bits per heavy atom. The molecule has 1 aliphatic heterocycles. The summed E-state index contributed by atoms with van der Waals surface area (Å²) < 4.78 is 0. The molecule has 2 heteroatoms. The lowest BCUT2D eigenvalue weighted by Crippen LogP contribution is -2.38. The molecule has 1 saturated carbocycles. The largest absolute Gasteiger partial charge is 0.327 e. The van der Waals surface area contributed by atoms with Gasteiger partial charge in [0.15, 0.2) is 0 Å². The molecule has 0 radical (unpaired) electrons. The lowest BCUT2D eigenvalue weighted by Gasteiger charge is -2.26. The van der Waals surface area contributed by atoms with Crippen molar-refractivity contribution in [1.29, 1.82) is 0 Å². The number of hydrogen-bond acceptors (Lipinski definition) is 2. The number of nitrogens with one attached hydrogen (secondary N) is 1. The summed E-state index contributed by atoms with van der Waals surface area (Å²) in [5.74, 6) is 0. The monoisotopic (exact) mass is 140 g/mol. The highest BCUT2D eigenvalue weighted by Gasteiger charge is 2.42. The second-order valence-corrected chi connectivity index (χ2v) is 3.79. The third-order valence-electron chi connectivity index (χ3n) is 3.25. The van der Waals surface area contributed by atoms with Gasteiger partial charge in [-0.25, -0.2) is 0 Å². The zero-order chi connectivity index (χ0) is 7.03. The van der Waals surface area contributed by atoms with Gasteiger partial charge in [-0.2, -0.15) is 0 Å². The smallest absolute Gasteiger partial charge is 0.0108 e. The maximum Gasteiger partial charge on any atom is 0.0108 e. The van der Waals surface area contributed by atoms with Crippen molar-refractivity contribution >= 4 is 0 Å². The predicted molar refractivity (Wildman–Crippen MR) is 41.7 cm³/mol. The van der Waals surface area contributed by atoms with Gasteiger partial charge in [-0.1, -0.05) is 6.42 Å². The van der Waals surface area contributed by atoms with Crippen LogP contribution in [0.1, 0.15) is 25.7 Å². The first-order chi connectivity index (χ1) is 4.83. The molecule has 58 valence electrons. The highest BCUT2D eigenvalue weighted by atomic mass is 14.9. The molecule has 0 aromatic rings. The lowest BCUT2D eigenvalue weighted by atomic mass is 9.82. The van der Waals surface area contributed by atoms with Crippen LogP contribution in [0.5, 0.6) is 0 Å². The van der Waals surface area contributed by atoms with Gasteiger partial charge in [0.05, 0.1) is 0 Å². The molecule has 1 saturated heterocycles. The topological polar surface area (TPSA) is 38.0 Å². The molecular formula is C8H16N2. The van der Waals surface area contributed by atoms with E-state index in [1.807, 2.05) is 0 Å². The summed E-state index contributed by atoms with van der Waals surface area (Å²) in [6.45, 7) is 2.36. The Morgan fingerprint density at radius 3 is 2.80 bits per heavy atom. The number of rotatable bonds is 0. The summed E-state index contributed by atoms with van der Waals surface area (Å²) in [5.41, 5.74) is 6.55. The zero-order valence-corrected chi connectivity index (χ0v) is 6.40. The summed E-state index contributed by atoms with van der Waals surface area (Å²) in [5, 5.41) is 3.41. The molecule has 3 N–H and O–H groups in total. The fraction of sp³-hybridized carbons (Fsp3) is 1.00. The first-order valence-electron chi connectivity index (χ1n) is 4.30. The summed E-state index contributed by atoms with van der Waals surface area (Å²) in [4.78, 5) is 0. The minimum atomic E-state index is 0.488. The van der Waals surface area contributed by atoms with E-state index < -0.39 is 0 Å². The molecule has 0 aromatic heterocycles. The first-order valence-corrected chi connectivity index (χ1v) is 4.30. The van der Waals surface area contributed by atoms with E-state index >= 15 is 0 Å². The Morgan fingerprint density at radius 2 is 2.30 bits per heavy atom. The maximum absolute atomic E-state index is 6.04. The van der Waals surface area contributed by atoms with Crippen LogP contribution in [0.2, 0.25) is 0 Å². The van der Waals surface area contributed by atoms with Crippen LogP contribution < -0.4 is 11.1 Å². The zero-order valence-electron chi connectivity index (χ0n) is 6.40. The first kappa shape index (κ1) is 6.62. The van der Waals surface area contributed by atoms with Crippen molar-refractivity contribution in [3.05, 3.63) is 0 Å². The van der Waals surface area contributed by atoms with Crippen LogP contribution in [0, 0.1) is 5.41 Å². The van der Waals surface area contributed by atoms with E-state index in [0.717, 1.165) is 0 Å². The molecule has 0 bridgehead atoms. The molecule has 10 heavy (non-hydrogen) atoms. The normalized spacial score (nSPS) is 47.1. The SMILES string of the molecule is NC1CCCC12CCNC2. The molecule has 2 aliphatic rings. The minimum absolute atomic E-state index is 0.488. The molecule has 2 nitrogen and oxygen atoms in total. The third-order valence-corrected chi connectivity index (χ3v) is 3.25. The van der Waals surface area contributed by atoms with E-state index in [-0.39, 0.29) is 0 Å². The van der Waals surface area contributed by atoms with Crippen LogP contribution in [0.4, 0.5) is 0 Å². The van der Waals surface area contributed by atoms with Crippen LogP contribution in [-0.2, 0) is 0 Å². The van der Waals surface area contributed by atoms with Gasteiger partial charge in [-0.3, -0.25) is 0 Å². The van der Waals surface area contributed by atoms with Crippen molar-refractivity contribution in [1.82, 2.24) is 5.32 Å². The maximum atomic E-state index is 6.04. The highest BCUT2D eigenvalue weighted by Crippen LogP contribution is 2.41. The van der Waals surface area contributed by atoms with Crippen LogP contribution >= 0.6 is 0 Å². The number of nitrogens with two attached hydrogens (primary N) is 1. The average molecular weight is 140 g/mol. The Kier molecular flexibility index (Phi) is 1.46. The van der Waals surface area contributed by atoms with Crippen LogP contribution in [0.15, 0.2) is 0 Å². The van der Waals surface area contributed by atoms with Gasteiger partial charge in [0, 0.05) is 12.6 Å². The van der Waals surface area contributed by atoms with Crippen LogP contribution in [0.3, 0.4) is 0 Å². The molecule has 0 aromatic carbocycles. The van der Waals surface area contributed by atoms with Gasteiger partial charge in [-0.05, 0) is 31.2 Å². The molecule has 2 unspecified atom stereocenters. The van der Waals surface area contributed by atoms with E-state index in [9.17, 15) is 0 Å². The molecule has 2 rings (SSSR count). The van der Waals surface area contributed by atoms with E-state index in [0.29, 0.717) is 11.5 Å². The third kappa shape index (κ3) is 0.789. The summed E-state index contributed by atoms with van der Waals surface area (Å²) >= 11 is 0. The second-order valence-electron chi connectivity index (χ2n) is 3.79.